The second-order valence-electron chi connectivity index (χ2n) is 5.48. The van der Waals surface area contributed by atoms with Crippen LogP contribution in [0.2, 0.25) is 0 Å². The van der Waals surface area contributed by atoms with Crippen molar-refractivity contribution in [2.45, 2.75) is 26.6 Å². The first-order chi connectivity index (χ1) is 12.3. The first kappa shape index (κ1) is 19.6. The van der Waals surface area contributed by atoms with E-state index in [4.69, 9.17) is 9.15 Å². The number of nitrogens with one attached hydrogen (secondary N) is 2. The third kappa shape index (κ3) is 5.68. The number of halogens is 3. The molecule has 142 valence electrons. The molecule has 0 unspecified atom stereocenters. The molecule has 2 rings (SSSR count). The van der Waals surface area contributed by atoms with Crippen molar-refractivity contribution in [1.29, 1.82) is 0 Å². The molecule has 0 bridgehead atoms. The number of benzene rings is 1. The molecule has 26 heavy (non-hydrogen) atoms. The number of hydrogen-bond acceptors (Lipinski definition) is 4. The SMILES string of the molecule is CN=C(NCCOc1cccc(C(F)(F)F)c1)NCc1nc(C)c(C)o1. The standard InChI is InChI=1S/C17H21F3N4O2/c1-11-12(2)26-15(24-11)10-23-16(21-3)22-7-8-25-14-6-4-5-13(9-14)17(18,19)20/h4-6,9H,7-8,10H2,1-3H3,(H2,21,22,23). The van der Waals surface area contributed by atoms with E-state index in [1.54, 1.807) is 7.05 Å². The van der Waals surface area contributed by atoms with Crippen LogP contribution in [0.4, 0.5) is 13.2 Å². The van der Waals surface area contributed by atoms with Gasteiger partial charge in [-0.25, -0.2) is 4.98 Å². The summed E-state index contributed by atoms with van der Waals surface area (Å²) in [5.41, 5.74) is 0.0937. The van der Waals surface area contributed by atoms with Crippen LogP contribution < -0.4 is 15.4 Å². The maximum Gasteiger partial charge on any atom is 0.416 e. The fourth-order valence-corrected chi connectivity index (χ4v) is 2.10. The molecule has 0 aliphatic heterocycles. The zero-order valence-corrected chi connectivity index (χ0v) is 14.8. The fourth-order valence-electron chi connectivity index (χ4n) is 2.10. The Morgan fingerprint density at radius 1 is 1.27 bits per heavy atom. The molecule has 1 aromatic heterocycles. The molecule has 0 aliphatic rings. The summed E-state index contributed by atoms with van der Waals surface area (Å²) in [5.74, 6) is 1.98. The second-order valence-corrected chi connectivity index (χ2v) is 5.48. The van der Waals surface area contributed by atoms with E-state index in [0.29, 0.717) is 24.9 Å². The van der Waals surface area contributed by atoms with Gasteiger partial charge in [-0.3, -0.25) is 4.99 Å². The lowest BCUT2D eigenvalue weighted by Gasteiger charge is -2.12. The molecule has 0 aliphatic carbocycles. The number of nitrogens with zero attached hydrogens (tertiary/aromatic N) is 2. The van der Waals surface area contributed by atoms with Crippen molar-refractivity contribution in [1.82, 2.24) is 15.6 Å². The van der Waals surface area contributed by atoms with Crippen LogP contribution in [0, 0.1) is 13.8 Å². The molecule has 0 fully saturated rings. The van der Waals surface area contributed by atoms with Gasteiger partial charge in [-0.1, -0.05) is 6.07 Å². The van der Waals surface area contributed by atoms with Gasteiger partial charge in [0.15, 0.2) is 5.96 Å². The highest BCUT2D eigenvalue weighted by molar-refractivity contribution is 5.79. The quantitative estimate of drug-likeness (QED) is 0.465. The third-order valence-corrected chi connectivity index (χ3v) is 3.53. The predicted molar refractivity (Wildman–Crippen MR) is 91.1 cm³/mol. The van der Waals surface area contributed by atoms with Gasteiger partial charge in [-0.15, -0.1) is 0 Å². The molecular formula is C17H21F3N4O2. The van der Waals surface area contributed by atoms with Gasteiger partial charge in [0.1, 0.15) is 18.1 Å². The number of oxazole rings is 1. The summed E-state index contributed by atoms with van der Waals surface area (Å²) < 4.78 is 48.8. The van der Waals surface area contributed by atoms with E-state index in [2.05, 4.69) is 20.6 Å². The number of ether oxygens (including phenoxy) is 1. The maximum atomic E-state index is 12.7. The molecule has 2 aromatic rings. The smallest absolute Gasteiger partial charge is 0.416 e. The number of aryl methyl sites for hydroxylation is 2. The lowest BCUT2D eigenvalue weighted by molar-refractivity contribution is -0.137. The van der Waals surface area contributed by atoms with Gasteiger partial charge >= 0.3 is 6.18 Å². The summed E-state index contributed by atoms with van der Waals surface area (Å²) in [4.78, 5) is 8.30. The van der Waals surface area contributed by atoms with E-state index >= 15 is 0 Å². The number of aromatic nitrogens is 1. The Hall–Kier alpha value is -2.71. The Balaban J connectivity index is 1.75. The molecule has 0 radical (unpaired) electrons. The van der Waals surface area contributed by atoms with Crippen molar-refractivity contribution >= 4 is 5.96 Å². The Bertz CT molecular complexity index is 737. The molecule has 2 N–H and O–H groups in total. The Kier molecular flexibility index (Phi) is 6.48. The van der Waals surface area contributed by atoms with Crippen LogP contribution in [0.5, 0.6) is 5.75 Å². The van der Waals surface area contributed by atoms with Crippen LogP contribution >= 0.6 is 0 Å². The zero-order valence-electron chi connectivity index (χ0n) is 14.8. The van der Waals surface area contributed by atoms with Crippen molar-refractivity contribution in [2.24, 2.45) is 4.99 Å². The van der Waals surface area contributed by atoms with Gasteiger partial charge in [0.2, 0.25) is 5.89 Å². The number of guanidine groups is 1. The largest absolute Gasteiger partial charge is 0.492 e. The molecule has 6 nitrogen and oxygen atoms in total. The summed E-state index contributed by atoms with van der Waals surface area (Å²) >= 11 is 0. The zero-order chi connectivity index (χ0) is 19.2. The Morgan fingerprint density at radius 3 is 2.65 bits per heavy atom. The third-order valence-electron chi connectivity index (χ3n) is 3.53. The van der Waals surface area contributed by atoms with E-state index in [-0.39, 0.29) is 12.4 Å². The van der Waals surface area contributed by atoms with Crippen molar-refractivity contribution in [3.8, 4) is 5.75 Å². The first-order valence-electron chi connectivity index (χ1n) is 7.97. The van der Waals surface area contributed by atoms with Crippen LogP contribution in [0.25, 0.3) is 0 Å². The number of aliphatic imine (C=N–C) groups is 1. The molecule has 0 atom stereocenters. The number of alkyl halides is 3. The van der Waals surface area contributed by atoms with Crippen molar-refractivity contribution in [2.75, 3.05) is 20.2 Å². The molecule has 1 aromatic carbocycles. The van der Waals surface area contributed by atoms with Crippen LogP contribution in [-0.2, 0) is 12.7 Å². The van der Waals surface area contributed by atoms with E-state index < -0.39 is 11.7 Å². The van der Waals surface area contributed by atoms with E-state index in [0.717, 1.165) is 23.6 Å². The van der Waals surface area contributed by atoms with Crippen molar-refractivity contribution in [3.63, 3.8) is 0 Å². The van der Waals surface area contributed by atoms with Crippen LogP contribution in [0.3, 0.4) is 0 Å². The van der Waals surface area contributed by atoms with E-state index in [1.165, 1.54) is 12.1 Å². The molecule has 0 saturated heterocycles. The Morgan fingerprint density at radius 2 is 2.04 bits per heavy atom. The topological polar surface area (TPSA) is 71.7 Å². The van der Waals surface area contributed by atoms with Crippen LogP contribution in [0.15, 0.2) is 33.7 Å². The van der Waals surface area contributed by atoms with E-state index in [9.17, 15) is 13.2 Å². The minimum Gasteiger partial charge on any atom is -0.492 e. The normalized spacial score (nSPS) is 12.2. The average molecular weight is 370 g/mol. The maximum absolute atomic E-state index is 12.7. The summed E-state index contributed by atoms with van der Waals surface area (Å²) in [5, 5.41) is 6.03. The highest BCUT2D eigenvalue weighted by Gasteiger charge is 2.30. The molecule has 0 saturated carbocycles. The summed E-state index contributed by atoms with van der Waals surface area (Å²) in [6, 6.07) is 4.77. The first-order valence-corrected chi connectivity index (χ1v) is 7.97. The van der Waals surface area contributed by atoms with Crippen molar-refractivity contribution < 1.29 is 22.3 Å². The Labute approximate surface area is 149 Å². The monoisotopic (exact) mass is 370 g/mol. The summed E-state index contributed by atoms with van der Waals surface area (Å²) in [6.45, 7) is 4.60. The number of rotatable bonds is 6. The lowest BCUT2D eigenvalue weighted by Crippen LogP contribution is -2.38. The minimum atomic E-state index is -4.39. The summed E-state index contributed by atoms with van der Waals surface area (Å²) in [7, 11) is 1.61. The van der Waals surface area contributed by atoms with E-state index in [1.807, 2.05) is 13.8 Å². The lowest BCUT2D eigenvalue weighted by atomic mass is 10.2. The molecule has 0 amide bonds. The molecule has 0 spiro atoms. The van der Waals surface area contributed by atoms with Crippen LogP contribution in [-0.4, -0.2) is 31.1 Å². The van der Waals surface area contributed by atoms with Crippen molar-refractivity contribution in [3.05, 3.63) is 47.2 Å². The summed E-state index contributed by atoms with van der Waals surface area (Å²) in [6.07, 6.45) is -4.39. The van der Waals surface area contributed by atoms with Gasteiger partial charge in [0, 0.05) is 7.05 Å². The molecule has 9 heteroatoms. The highest BCUT2D eigenvalue weighted by atomic mass is 19.4. The number of hydrogen-bond donors (Lipinski definition) is 2. The second kappa shape index (κ2) is 8.59. The van der Waals surface area contributed by atoms with Gasteiger partial charge < -0.3 is 19.8 Å². The fraction of sp³-hybridized carbons (Fsp3) is 0.412. The van der Waals surface area contributed by atoms with Gasteiger partial charge in [-0.05, 0) is 32.0 Å². The van der Waals surface area contributed by atoms with Gasteiger partial charge in [-0.2, -0.15) is 13.2 Å². The van der Waals surface area contributed by atoms with Crippen LogP contribution in [0.1, 0.15) is 22.9 Å². The minimum absolute atomic E-state index is 0.162. The molecular weight excluding hydrogens is 349 g/mol. The predicted octanol–water partition coefficient (Wildman–Crippen LogP) is 3.05. The van der Waals surface area contributed by atoms with Gasteiger partial charge in [0.05, 0.1) is 24.3 Å². The molecule has 1 heterocycles. The highest BCUT2D eigenvalue weighted by Crippen LogP contribution is 2.31. The average Bonchev–Trinajstić information content (AvgIpc) is 2.92. The van der Waals surface area contributed by atoms with Gasteiger partial charge in [0.25, 0.3) is 0 Å².